The van der Waals surface area contributed by atoms with Crippen molar-refractivity contribution in [3.05, 3.63) is 35.4 Å². The second-order valence-electron chi connectivity index (χ2n) is 3.53. The molecule has 0 bridgehead atoms. The van der Waals surface area contributed by atoms with Gasteiger partial charge in [0.15, 0.2) is 17.7 Å². The summed E-state index contributed by atoms with van der Waals surface area (Å²) in [6.45, 7) is -0.0819. The molecule has 1 aromatic rings. The number of amides is 1. The fraction of sp³-hybridized carbons (Fsp3) is 0.273. The Morgan fingerprint density at radius 1 is 1.33 bits per heavy atom. The second kappa shape index (κ2) is 6.06. The first-order chi connectivity index (χ1) is 8.45. The minimum Gasteiger partial charge on any atom is -0.480 e. The van der Waals surface area contributed by atoms with Gasteiger partial charge in [-0.05, 0) is 24.7 Å². The van der Waals surface area contributed by atoms with E-state index in [0.717, 1.165) is 12.1 Å². The van der Waals surface area contributed by atoms with Gasteiger partial charge in [0.1, 0.15) is 0 Å². The molecule has 7 heteroatoms. The lowest BCUT2D eigenvalue weighted by atomic mass is 10.2. The predicted octanol–water partition coefficient (Wildman–Crippen LogP) is 0.254. The summed E-state index contributed by atoms with van der Waals surface area (Å²) in [5.41, 5.74) is 0.336. The first-order valence-electron chi connectivity index (χ1n) is 5.07. The average Bonchev–Trinajstić information content (AvgIpc) is 2.31. The molecule has 0 fully saturated rings. The van der Waals surface area contributed by atoms with E-state index in [4.69, 9.17) is 5.11 Å². The van der Waals surface area contributed by atoms with E-state index < -0.39 is 29.6 Å². The van der Waals surface area contributed by atoms with E-state index in [1.807, 2.05) is 0 Å². The lowest BCUT2D eigenvalue weighted by Gasteiger charge is -2.11. The molecule has 1 atom stereocenters. The highest BCUT2D eigenvalue weighted by atomic mass is 19.2. The van der Waals surface area contributed by atoms with E-state index in [0.29, 0.717) is 5.56 Å². The summed E-state index contributed by atoms with van der Waals surface area (Å²) in [5, 5.41) is 13.3. The largest absolute Gasteiger partial charge is 0.480 e. The molecular weight excluding hydrogens is 246 g/mol. The third kappa shape index (κ3) is 3.49. The SMILES string of the molecule is CNC(C(=O)O)C(=O)NCc1ccc(F)c(F)c1. The standard InChI is InChI=1S/C11H12F2N2O3/c1-14-9(11(17)18)10(16)15-5-6-2-3-7(12)8(13)4-6/h2-4,9,14H,5H2,1H3,(H,15,16)(H,17,18). The molecule has 1 unspecified atom stereocenters. The van der Waals surface area contributed by atoms with Crippen LogP contribution >= 0.6 is 0 Å². The van der Waals surface area contributed by atoms with Crippen LogP contribution in [-0.4, -0.2) is 30.1 Å². The van der Waals surface area contributed by atoms with Gasteiger partial charge >= 0.3 is 5.97 Å². The Kier molecular flexibility index (Phi) is 4.73. The molecule has 0 spiro atoms. The van der Waals surface area contributed by atoms with Gasteiger partial charge in [-0.2, -0.15) is 0 Å². The molecule has 0 heterocycles. The number of carboxylic acids is 1. The maximum atomic E-state index is 12.9. The maximum Gasteiger partial charge on any atom is 0.330 e. The van der Waals surface area contributed by atoms with Crippen molar-refractivity contribution >= 4 is 11.9 Å². The normalized spacial score (nSPS) is 11.9. The lowest BCUT2D eigenvalue weighted by Crippen LogP contribution is -2.47. The van der Waals surface area contributed by atoms with Gasteiger partial charge in [-0.3, -0.25) is 10.1 Å². The van der Waals surface area contributed by atoms with Gasteiger partial charge in [0.05, 0.1) is 0 Å². The summed E-state index contributed by atoms with van der Waals surface area (Å²) in [6, 6.07) is 1.79. The molecule has 0 aromatic heterocycles. The minimum atomic E-state index is -1.38. The molecule has 98 valence electrons. The Balaban J connectivity index is 2.62. The molecule has 3 N–H and O–H groups in total. The van der Waals surface area contributed by atoms with Crippen molar-refractivity contribution < 1.29 is 23.5 Å². The van der Waals surface area contributed by atoms with E-state index in [1.54, 1.807) is 0 Å². The Labute approximate surface area is 102 Å². The third-order valence-corrected chi connectivity index (χ3v) is 2.25. The summed E-state index contributed by atoms with van der Waals surface area (Å²) in [5.74, 6) is -4.08. The number of rotatable bonds is 5. The highest BCUT2D eigenvalue weighted by Crippen LogP contribution is 2.08. The molecular formula is C11H12F2N2O3. The number of benzene rings is 1. The summed E-state index contributed by atoms with van der Waals surface area (Å²) in [6.07, 6.45) is 0. The van der Waals surface area contributed by atoms with Crippen LogP contribution in [0, 0.1) is 11.6 Å². The second-order valence-corrected chi connectivity index (χ2v) is 3.53. The van der Waals surface area contributed by atoms with Gasteiger partial charge in [-0.1, -0.05) is 6.07 Å². The molecule has 0 aliphatic carbocycles. The first kappa shape index (κ1) is 14.0. The quantitative estimate of drug-likeness (QED) is 0.662. The maximum absolute atomic E-state index is 12.9. The van der Waals surface area contributed by atoms with Crippen LogP contribution in [0.4, 0.5) is 8.78 Å². The molecule has 5 nitrogen and oxygen atoms in total. The zero-order valence-electron chi connectivity index (χ0n) is 9.54. The van der Waals surface area contributed by atoms with Gasteiger partial charge in [0.2, 0.25) is 5.91 Å². The average molecular weight is 258 g/mol. The van der Waals surface area contributed by atoms with E-state index in [-0.39, 0.29) is 6.54 Å². The smallest absolute Gasteiger partial charge is 0.330 e. The molecule has 0 aliphatic rings. The monoisotopic (exact) mass is 258 g/mol. The van der Waals surface area contributed by atoms with Crippen molar-refractivity contribution in [2.45, 2.75) is 12.6 Å². The van der Waals surface area contributed by atoms with Gasteiger partial charge < -0.3 is 10.4 Å². The van der Waals surface area contributed by atoms with E-state index in [1.165, 1.54) is 13.1 Å². The van der Waals surface area contributed by atoms with Crippen molar-refractivity contribution in [1.29, 1.82) is 0 Å². The van der Waals surface area contributed by atoms with Crippen LogP contribution in [0.25, 0.3) is 0 Å². The Morgan fingerprint density at radius 2 is 2.00 bits per heavy atom. The number of halogens is 2. The number of hydrogen-bond acceptors (Lipinski definition) is 3. The highest BCUT2D eigenvalue weighted by Gasteiger charge is 2.23. The number of likely N-dealkylation sites (N-methyl/N-ethyl adjacent to an activating group) is 1. The van der Waals surface area contributed by atoms with Gasteiger partial charge in [-0.25, -0.2) is 13.6 Å². The molecule has 0 aliphatic heterocycles. The molecule has 0 radical (unpaired) electrons. The van der Waals surface area contributed by atoms with Crippen molar-refractivity contribution in [2.75, 3.05) is 7.05 Å². The van der Waals surface area contributed by atoms with Crippen LogP contribution < -0.4 is 10.6 Å². The summed E-state index contributed by atoms with van der Waals surface area (Å²) in [7, 11) is 1.33. The topological polar surface area (TPSA) is 78.4 Å². The van der Waals surface area contributed by atoms with E-state index in [2.05, 4.69) is 10.6 Å². The van der Waals surface area contributed by atoms with Crippen LogP contribution in [0.1, 0.15) is 5.56 Å². The van der Waals surface area contributed by atoms with Crippen LogP contribution in [0.2, 0.25) is 0 Å². The van der Waals surface area contributed by atoms with Crippen molar-refractivity contribution in [2.24, 2.45) is 0 Å². The third-order valence-electron chi connectivity index (χ3n) is 2.25. The first-order valence-corrected chi connectivity index (χ1v) is 5.07. The van der Waals surface area contributed by atoms with Crippen LogP contribution in [-0.2, 0) is 16.1 Å². The fourth-order valence-corrected chi connectivity index (χ4v) is 1.31. The number of nitrogens with one attached hydrogen (secondary N) is 2. The van der Waals surface area contributed by atoms with Crippen molar-refractivity contribution in [1.82, 2.24) is 10.6 Å². The van der Waals surface area contributed by atoms with Gasteiger partial charge in [0.25, 0.3) is 0 Å². The number of carboxylic acid groups (broad SMARTS) is 1. The molecule has 18 heavy (non-hydrogen) atoms. The van der Waals surface area contributed by atoms with E-state index in [9.17, 15) is 18.4 Å². The molecule has 0 saturated carbocycles. The number of hydrogen-bond donors (Lipinski definition) is 3. The summed E-state index contributed by atoms with van der Waals surface area (Å²) in [4.78, 5) is 22.1. The molecule has 0 saturated heterocycles. The zero-order chi connectivity index (χ0) is 13.7. The molecule has 1 amide bonds. The predicted molar refractivity (Wildman–Crippen MR) is 58.7 cm³/mol. The zero-order valence-corrected chi connectivity index (χ0v) is 9.54. The van der Waals surface area contributed by atoms with Crippen LogP contribution in [0.5, 0.6) is 0 Å². The highest BCUT2D eigenvalue weighted by molar-refractivity contribution is 6.01. The lowest BCUT2D eigenvalue weighted by molar-refractivity contribution is -0.143. The number of carbonyl (C=O) groups excluding carboxylic acids is 1. The Hall–Kier alpha value is -2.02. The summed E-state index contributed by atoms with van der Waals surface area (Å²) < 4.78 is 25.5. The fourth-order valence-electron chi connectivity index (χ4n) is 1.31. The van der Waals surface area contributed by atoms with Crippen molar-refractivity contribution in [3.8, 4) is 0 Å². The molecule has 1 rings (SSSR count). The summed E-state index contributed by atoms with van der Waals surface area (Å²) >= 11 is 0. The number of aliphatic carboxylic acids is 1. The minimum absolute atomic E-state index is 0.0819. The van der Waals surface area contributed by atoms with Crippen molar-refractivity contribution in [3.63, 3.8) is 0 Å². The number of carbonyl (C=O) groups is 2. The van der Waals surface area contributed by atoms with Gasteiger partial charge in [-0.15, -0.1) is 0 Å². The van der Waals surface area contributed by atoms with Crippen LogP contribution in [0.3, 0.4) is 0 Å². The van der Waals surface area contributed by atoms with E-state index >= 15 is 0 Å². The van der Waals surface area contributed by atoms with Crippen LogP contribution in [0.15, 0.2) is 18.2 Å². The molecule has 1 aromatic carbocycles. The Morgan fingerprint density at radius 3 is 2.50 bits per heavy atom. The van der Waals surface area contributed by atoms with Gasteiger partial charge in [0, 0.05) is 6.54 Å². The Bertz CT molecular complexity index is 466.